The number of hydrogen-bond donors (Lipinski definition) is 3. The Morgan fingerprint density at radius 2 is 1.86 bits per heavy atom. The molecule has 0 aliphatic heterocycles. The lowest BCUT2D eigenvalue weighted by molar-refractivity contribution is -0.384. The van der Waals surface area contributed by atoms with Crippen molar-refractivity contribution in [2.24, 2.45) is 0 Å². The highest BCUT2D eigenvalue weighted by Gasteiger charge is 2.17. The minimum Gasteiger partial charge on any atom is -0.335 e. The lowest BCUT2D eigenvalue weighted by Gasteiger charge is -2.22. The summed E-state index contributed by atoms with van der Waals surface area (Å²) in [6.45, 7) is 0. The highest BCUT2D eigenvalue weighted by atomic mass is 32.2. The Kier molecular flexibility index (Phi) is 7.36. The van der Waals surface area contributed by atoms with E-state index >= 15 is 0 Å². The summed E-state index contributed by atoms with van der Waals surface area (Å²) in [6, 6.07) is 5.50. The normalized spacial score (nSPS) is 14.2. The second-order valence-corrected chi connectivity index (χ2v) is 8.65. The van der Waals surface area contributed by atoms with E-state index in [1.807, 2.05) is 0 Å². The van der Waals surface area contributed by atoms with E-state index in [9.17, 15) is 19.7 Å². The van der Waals surface area contributed by atoms with Crippen molar-refractivity contribution in [3.63, 3.8) is 0 Å². The summed E-state index contributed by atoms with van der Waals surface area (Å²) < 4.78 is 0.553. The number of carbonyl (C=O) groups excluding carboxylic acids is 2. The fourth-order valence-electron chi connectivity index (χ4n) is 2.87. The van der Waals surface area contributed by atoms with Gasteiger partial charge in [-0.2, -0.15) is 0 Å². The molecule has 12 heteroatoms. The van der Waals surface area contributed by atoms with Gasteiger partial charge in [0.25, 0.3) is 5.69 Å². The predicted molar refractivity (Wildman–Crippen MR) is 111 cm³/mol. The second kappa shape index (κ2) is 10.2. The number of amides is 3. The van der Waals surface area contributed by atoms with E-state index in [-0.39, 0.29) is 29.4 Å². The van der Waals surface area contributed by atoms with Crippen LogP contribution in [-0.2, 0) is 4.79 Å². The van der Waals surface area contributed by atoms with Gasteiger partial charge in [0.15, 0.2) is 4.34 Å². The minimum atomic E-state index is -0.502. The number of thioether (sulfide) groups is 1. The molecule has 1 aromatic heterocycles. The monoisotopic (exact) mass is 436 g/mol. The summed E-state index contributed by atoms with van der Waals surface area (Å²) in [7, 11) is 0. The van der Waals surface area contributed by atoms with Crippen LogP contribution >= 0.6 is 23.1 Å². The van der Waals surface area contributed by atoms with Gasteiger partial charge in [-0.15, -0.1) is 10.2 Å². The number of aromatic nitrogens is 2. The summed E-state index contributed by atoms with van der Waals surface area (Å²) in [5.74, 6) is -0.177. The zero-order valence-electron chi connectivity index (χ0n) is 15.4. The highest BCUT2D eigenvalue weighted by Crippen LogP contribution is 2.26. The molecule has 3 rings (SSSR count). The molecule has 0 saturated heterocycles. The zero-order valence-corrected chi connectivity index (χ0v) is 17.1. The van der Waals surface area contributed by atoms with Crippen LogP contribution < -0.4 is 16.0 Å². The van der Waals surface area contributed by atoms with E-state index < -0.39 is 4.92 Å². The third-order valence-electron chi connectivity index (χ3n) is 4.26. The standard InChI is InChI=1S/C17H20N6O4S2/c24-14(18-12-6-8-13(9-7-12)23(26)27)10-28-17-22-21-16(29-17)20-15(25)19-11-4-2-1-3-5-11/h6-9,11H,1-5,10H2,(H,18,24)(H2,19,20,21,25). The van der Waals surface area contributed by atoms with Crippen molar-refractivity contribution in [3.8, 4) is 0 Å². The molecule has 1 saturated carbocycles. The maximum absolute atomic E-state index is 12.0. The van der Waals surface area contributed by atoms with Gasteiger partial charge < -0.3 is 10.6 Å². The Morgan fingerprint density at radius 1 is 1.14 bits per heavy atom. The number of hydrogen-bond acceptors (Lipinski definition) is 8. The summed E-state index contributed by atoms with van der Waals surface area (Å²) >= 11 is 2.38. The first-order valence-corrected chi connectivity index (χ1v) is 10.9. The number of benzene rings is 1. The Balaban J connectivity index is 1.41. The van der Waals surface area contributed by atoms with Crippen LogP contribution in [0.2, 0.25) is 0 Å². The van der Waals surface area contributed by atoms with Gasteiger partial charge in [-0.05, 0) is 25.0 Å². The van der Waals surface area contributed by atoms with Crippen LogP contribution in [0.5, 0.6) is 0 Å². The van der Waals surface area contributed by atoms with E-state index in [1.54, 1.807) is 0 Å². The van der Waals surface area contributed by atoms with Crippen molar-refractivity contribution >= 4 is 51.5 Å². The van der Waals surface area contributed by atoms with Crippen LogP contribution in [0.1, 0.15) is 32.1 Å². The molecular weight excluding hydrogens is 416 g/mol. The predicted octanol–water partition coefficient (Wildman–Crippen LogP) is 3.63. The van der Waals surface area contributed by atoms with Crippen molar-refractivity contribution in [1.29, 1.82) is 0 Å². The van der Waals surface area contributed by atoms with Gasteiger partial charge in [0, 0.05) is 23.9 Å². The van der Waals surface area contributed by atoms with Crippen molar-refractivity contribution in [2.75, 3.05) is 16.4 Å². The van der Waals surface area contributed by atoms with E-state index in [0.29, 0.717) is 15.2 Å². The topological polar surface area (TPSA) is 139 Å². The van der Waals surface area contributed by atoms with Crippen molar-refractivity contribution in [3.05, 3.63) is 34.4 Å². The van der Waals surface area contributed by atoms with Crippen LogP contribution in [-0.4, -0.2) is 38.9 Å². The van der Waals surface area contributed by atoms with Gasteiger partial charge in [-0.3, -0.25) is 20.2 Å². The second-order valence-electron chi connectivity index (χ2n) is 6.45. The first-order valence-electron chi connectivity index (χ1n) is 9.08. The number of urea groups is 1. The van der Waals surface area contributed by atoms with Crippen LogP contribution in [0.25, 0.3) is 0 Å². The number of non-ortho nitro benzene ring substituents is 1. The molecule has 0 bridgehead atoms. The first kappa shape index (κ1) is 21.0. The molecule has 3 N–H and O–H groups in total. The average Bonchev–Trinajstić information content (AvgIpc) is 3.14. The van der Waals surface area contributed by atoms with Crippen molar-refractivity contribution in [1.82, 2.24) is 15.5 Å². The maximum atomic E-state index is 12.0. The highest BCUT2D eigenvalue weighted by molar-refractivity contribution is 8.01. The molecule has 1 aliphatic carbocycles. The van der Waals surface area contributed by atoms with Crippen LogP contribution in [0.15, 0.2) is 28.6 Å². The number of rotatable bonds is 7. The molecule has 29 heavy (non-hydrogen) atoms. The zero-order chi connectivity index (χ0) is 20.6. The fraction of sp³-hybridized carbons (Fsp3) is 0.412. The molecule has 2 aromatic rings. The van der Waals surface area contributed by atoms with Crippen molar-refractivity contribution in [2.45, 2.75) is 42.5 Å². The van der Waals surface area contributed by atoms with Crippen LogP contribution in [0.3, 0.4) is 0 Å². The number of carbonyl (C=O) groups is 2. The molecule has 0 atom stereocenters. The van der Waals surface area contributed by atoms with Gasteiger partial charge >= 0.3 is 6.03 Å². The Labute approximate surface area is 175 Å². The van der Waals surface area contributed by atoms with Gasteiger partial charge in [0.2, 0.25) is 11.0 Å². The number of nitro benzene ring substituents is 1. The van der Waals surface area contributed by atoms with E-state index in [4.69, 9.17) is 0 Å². The number of anilines is 2. The molecule has 1 fully saturated rings. The quantitative estimate of drug-likeness (QED) is 0.261. The molecule has 10 nitrogen and oxygen atoms in total. The first-order chi connectivity index (χ1) is 14.0. The molecule has 0 spiro atoms. The van der Waals surface area contributed by atoms with E-state index in [2.05, 4.69) is 26.1 Å². The third-order valence-corrected chi connectivity index (χ3v) is 6.23. The molecule has 0 radical (unpaired) electrons. The molecule has 1 heterocycles. The van der Waals surface area contributed by atoms with E-state index in [0.717, 1.165) is 25.7 Å². The van der Waals surface area contributed by atoms with Gasteiger partial charge in [-0.25, -0.2) is 4.79 Å². The lowest BCUT2D eigenvalue weighted by atomic mass is 9.96. The number of nitrogens with one attached hydrogen (secondary N) is 3. The van der Waals surface area contributed by atoms with Gasteiger partial charge in [0.1, 0.15) is 0 Å². The van der Waals surface area contributed by atoms with E-state index in [1.165, 1.54) is 53.8 Å². The lowest BCUT2D eigenvalue weighted by Crippen LogP contribution is -2.38. The van der Waals surface area contributed by atoms with Crippen LogP contribution in [0.4, 0.5) is 21.3 Å². The Bertz CT molecular complexity index is 867. The SMILES string of the molecule is O=C(CSc1nnc(NC(=O)NC2CCCCC2)s1)Nc1ccc([N+](=O)[O-])cc1. The summed E-state index contributed by atoms with van der Waals surface area (Å²) in [6.07, 6.45) is 5.47. The molecule has 154 valence electrons. The van der Waals surface area contributed by atoms with Crippen molar-refractivity contribution < 1.29 is 14.5 Å². The smallest absolute Gasteiger partial charge is 0.321 e. The van der Waals surface area contributed by atoms with Crippen LogP contribution in [0, 0.1) is 10.1 Å². The molecule has 1 aromatic carbocycles. The number of nitro groups is 1. The van der Waals surface area contributed by atoms with Gasteiger partial charge in [-0.1, -0.05) is 42.4 Å². The molecular formula is C17H20N6O4S2. The summed E-state index contributed by atoms with van der Waals surface area (Å²) in [5.41, 5.74) is 0.430. The Morgan fingerprint density at radius 3 is 2.55 bits per heavy atom. The molecule has 0 unspecified atom stereocenters. The molecule has 1 aliphatic rings. The number of nitrogens with zero attached hydrogens (tertiary/aromatic N) is 3. The average molecular weight is 437 g/mol. The molecule has 3 amide bonds. The maximum Gasteiger partial charge on any atom is 0.321 e. The largest absolute Gasteiger partial charge is 0.335 e. The summed E-state index contributed by atoms with van der Waals surface area (Å²) in [5, 5.41) is 27.2. The third kappa shape index (κ3) is 6.68. The fourth-order valence-corrected chi connectivity index (χ4v) is 4.42. The minimum absolute atomic E-state index is 0.0428. The summed E-state index contributed by atoms with van der Waals surface area (Å²) in [4.78, 5) is 34.2. The Hall–Kier alpha value is -2.73. The van der Waals surface area contributed by atoms with Gasteiger partial charge in [0.05, 0.1) is 10.7 Å².